The number of carbonyl (C=O) groups is 2. The molecule has 9 heteroatoms. The van der Waals surface area contributed by atoms with Crippen LogP contribution in [-0.4, -0.2) is 40.5 Å². The van der Waals surface area contributed by atoms with Gasteiger partial charge in [-0.2, -0.15) is 10.5 Å². The third-order valence-corrected chi connectivity index (χ3v) is 5.72. The summed E-state index contributed by atoms with van der Waals surface area (Å²) in [4.78, 5) is 29.9. The molecule has 2 atom stereocenters. The van der Waals surface area contributed by atoms with Gasteiger partial charge in [-0.25, -0.2) is 4.79 Å². The second-order valence-electron chi connectivity index (χ2n) is 7.98. The molecule has 1 aromatic heterocycles. The van der Waals surface area contributed by atoms with Gasteiger partial charge >= 0.3 is 6.03 Å². The number of nitrogens with one attached hydrogen (secondary N) is 3. The number of carbonyl (C=O) groups excluding carboxylic acids is 2. The van der Waals surface area contributed by atoms with Gasteiger partial charge in [0.2, 0.25) is 5.91 Å². The van der Waals surface area contributed by atoms with Crippen LogP contribution in [0.2, 0.25) is 0 Å². The number of aromatic nitrogens is 1. The van der Waals surface area contributed by atoms with Crippen LogP contribution in [0.4, 0.5) is 16.2 Å². The van der Waals surface area contributed by atoms with Crippen LogP contribution < -0.4 is 16.4 Å². The van der Waals surface area contributed by atoms with Gasteiger partial charge in [-0.3, -0.25) is 4.79 Å². The fraction of sp³-hybridized carbons (Fsp3) is 0.250. The Kier molecular flexibility index (Phi) is 6.25. The average Bonchev–Trinajstić information content (AvgIpc) is 3.45. The Morgan fingerprint density at radius 2 is 1.97 bits per heavy atom. The highest BCUT2D eigenvalue weighted by Crippen LogP contribution is 2.25. The summed E-state index contributed by atoms with van der Waals surface area (Å²) in [6, 6.07) is 14.6. The molecular weight excluding hydrogens is 418 g/mol. The van der Waals surface area contributed by atoms with E-state index in [1.165, 1.54) is 0 Å². The zero-order valence-corrected chi connectivity index (χ0v) is 17.8. The summed E-state index contributed by atoms with van der Waals surface area (Å²) in [6.45, 7) is 0.555. The standard InChI is InChI=1S/C24H23N7O2/c25-12-15-3-1-4-17(9-15)29-24(33)30-18-6-7-22-20(11-18)16(14-28-22)10-21(27)23(32)31-8-2-5-19(31)13-26/h1,3-4,6-7,9,11,14,19,21,28H,2,5,8,10,27H2,(H2,29,30,33)/t19-,21?/m0/s1. The van der Waals surface area contributed by atoms with Crippen LogP contribution in [0.25, 0.3) is 10.9 Å². The molecule has 33 heavy (non-hydrogen) atoms. The third-order valence-electron chi connectivity index (χ3n) is 5.72. The van der Waals surface area contributed by atoms with E-state index in [-0.39, 0.29) is 5.91 Å². The van der Waals surface area contributed by atoms with Gasteiger partial charge in [-0.05, 0) is 61.2 Å². The van der Waals surface area contributed by atoms with Crippen LogP contribution in [0.3, 0.4) is 0 Å². The van der Waals surface area contributed by atoms with Gasteiger partial charge in [-0.15, -0.1) is 0 Å². The Hall–Kier alpha value is -4.34. The fourth-order valence-corrected chi connectivity index (χ4v) is 4.09. The Morgan fingerprint density at radius 1 is 1.18 bits per heavy atom. The summed E-state index contributed by atoms with van der Waals surface area (Å²) in [5.74, 6) is -0.221. The second-order valence-corrected chi connectivity index (χ2v) is 7.98. The van der Waals surface area contributed by atoms with Crippen molar-refractivity contribution in [3.05, 3.63) is 59.8 Å². The van der Waals surface area contributed by atoms with E-state index >= 15 is 0 Å². The van der Waals surface area contributed by atoms with Crippen molar-refractivity contribution in [1.29, 1.82) is 10.5 Å². The zero-order valence-electron chi connectivity index (χ0n) is 17.8. The fourth-order valence-electron chi connectivity index (χ4n) is 4.09. The molecule has 1 saturated heterocycles. The number of aromatic amines is 1. The van der Waals surface area contributed by atoms with Crippen molar-refractivity contribution in [3.8, 4) is 12.1 Å². The van der Waals surface area contributed by atoms with Crippen molar-refractivity contribution < 1.29 is 9.59 Å². The van der Waals surface area contributed by atoms with Crippen LogP contribution in [0.1, 0.15) is 24.0 Å². The van der Waals surface area contributed by atoms with Gasteiger partial charge in [0.1, 0.15) is 6.04 Å². The lowest BCUT2D eigenvalue weighted by Gasteiger charge is -2.23. The number of rotatable bonds is 5. The minimum Gasteiger partial charge on any atom is -0.361 e. The number of H-pyrrole nitrogens is 1. The number of benzene rings is 2. The van der Waals surface area contributed by atoms with E-state index in [0.717, 1.165) is 22.9 Å². The van der Waals surface area contributed by atoms with Crippen molar-refractivity contribution in [1.82, 2.24) is 9.88 Å². The number of amides is 3. The molecule has 3 aromatic rings. The number of fused-ring (bicyclic) bond motifs is 1. The maximum absolute atomic E-state index is 12.8. The first kappa shape index (κ1) is 21.9. The lowest BCUT2D eigenvalue weighted by Crippen LogP contribution is -2.46. The van der Waals surface area contributed by atoms with E-state index in [4.69, 9.17) is 11.0 Å². The summed E-state index contributed by atoms with van der Waals surface area (Å²) < 4.78 is 0. The first-order valence-electron chi connectivity index (χ1n) is 10.6. The quantitative estimate of drug-likeness (QED) is 0.480. The molecule has 0 bridgehead atoms. The van der Waals surface area contributed by atoms with Gasteiger partial charge in [-0.1, -0.05) is 6.07 Å². The van der Waals surface area contributed by atoms with Crippen molar-refractivity contribution in [3.63, 3.8) is 0 Å². The van der Waals surface area contributed by atoms with Gasteiger partial charge in [0.25, 0.3) is 0 Å². The summed E-state index contributed by atoms with van der Waals surface area (Å²) in [5, 5.41) is 24.6. The highest BCUT2D eigenvalue weighted by atomic mass is 16.2. The van der Waals surface area contributed by atoms with Gasteiger partial charge in [0.05, 0.1) is 23.7 Å². The molecule has 1 aliphatic rings. The van der Waals surface area contributed by atoms with Gasteiger partial charge in [0, 0.05) is 35.0 Å². The number of hydrogen-bond donors (Lipinski definition) is 4. The van der Waals surface area contributed by atoms with Gasteiger partial charge in [0.15, 0.2) is 0 Å². The van der Waals surface area contributed by atoms with Crippen molar-refractivity contribution in [2.24, 2.45) is 5.73 Å². The first-order chi connectivity index (χ1) is 16.0. The largest absolute Gasteiger partial charge is 0.361 e. The third kappa shape index (κ3) is 4.79. The van der Waals surface area contributed by atoms with E-state index in [1.54, 1.807) is 41.4 Å². The monoisotopic (exact) mass is 441 g/mol. The minimum absolute atomic E-state index is 0.221. The number of nitrogens with two attached hydrogens (primary N) is 1. The van der Waals surface area contributed by atoms with Crippen LogP contribution in [0, 0.1) is 22.7 Å². The van der Waals surface area contributed by atoms with E-state index in [2.05, 4.69) is 21.7 Å². The number of urea groups is 1. The molecule has 9 nitrogen and oxygen atoms in total. The van der Waals surface area contributed by atoms with E-state index in [1.807, 2.05) is 18.2 Å². The molecular formula is C24H23N7O2. The number of likely N-dealkylation sites (tertiary alicyclic amines) is 1. The van der Waals surface area contributed by atoms with Crippen LogP contribution in [0.5, 0.6) is 0 Å². The predicted molar refractivity (Wildman–Crippen MR) is 124 cm³/mol. The SMILES string of the molecule is N#Cc1cccc(NC(=O)Nc2ccc3[nH]cc(CC(N)C(=O)N4CCC[C@H]4C#N)c3c2)c1. The molecule has 0 radical (unpaired) electrons. The lowest BCUT2D eigenvalue weighted by molar-refractivity contribution is -0.132. The molecule has 5 N–H and O–H groups in total. The van der Waals surface area contributed by atoms with E-state index in [0.29, 0.717) is 36.3 Å². The molecule has 0 aliphatic carbocycles. The summed E-state index contributed by atoms with van der Waals surface area (Å²) in [5.41, 5.74) is 9.45. The molecule has 4 rings (SSSR count). The highest BCUT2D eigenvalue weighted by molar-refractivity contribution is 6.01. The number of hydrogen-bond acceptors (Lipinski definition) is 5. The molecule has 166 valence electrons. The van der Waals surface area contributed by atoms with Crippen molar-refractivity contribution in [2.75, 3.05) is 17.2 Å². The Bertz CT molecular complexity index is 1280. The van der Waals surface area contributed by atoms with E-state index in [9.17, 15) is 14.9 Å². The molecule has 1 fully saturated rings. The molecule has 1 unspecified atom stereocenters. The molecule has 1 aliphatic heterocycles. The predicted octanol–water partition coefficient (Wildman–Crippen LogP) is 3.07. The topological polar surface area (TPSA) is 151 Å². The molecule has 2 heterocycles. The lowest BCUT2D eigenvalue weighted by atomic mass is 10.0. The smallest absolute Gasteiger partial charge is 0.323 e. The summed E-state index contributed by atoms with van der Waals surface area (Å²) in [7, 11) is 0. The molecule has 0 saturated carbocycles. The number of anilines is 2. The molecule has 3 amide bonds. The van der Waals surface area contributed by atoms with Crippen LogP contribution in [-0.2, 0) is 11.2 Å². The Balaban J connectivity index is 1.46. The molecule has 0 spiro atoms. The first-order valence-corrected chi connectivity index (χ1v) is 10.6. The van der Waals surface area contributed by atoms with E-state index < -0.39 is 18.1 Å². The average molecular weight is 441 g/mol. The molecule has 2 aromatic carbocycles. The van der Waals surface area contributed by atoms with Crippen molar-refractivity contribution >= 4 is 34.2 Å². The number of nitrogens with zero attached hydrogens (tertiary/aromatic N) is 3. The summed E-state index contributed by atoms with van der Waals surface area (Å²) >= 11 is 0. The maximum atomic E-state index is 12.8. The van der Waals surface area contributed by atoms with Gasteiger partial charge < -0.3 is 26.3 Å². The Labute approximate surface area is 190 Å². The summed E-state index contributed by atoms with van der Waals surface area (Å²) in [6.07, 6.45) is 3.60. The van der Waals surface area contributed by atoms with Crippen LogP contribution >= 0.6 is 0 Å². The normalized spacial score (nSPS) is 16.1. The second kappa shape index (κ2) is 9.43. The Morgan fingerprint density at radius 3 is 2.73 bits per heavy atom. The number of nitriles is 2. The van der Waals surface area contributed by atoms with Crippen molar-refractivity contribution in [2.45, 2.75) is 31.3 Å². The zero-order chi connectivity index (χ0) is 23.4. The highest BCUT2D eigenvalue weighted by Gasteiger charge is 2.31. The minimum atomic E-state index is -0.759. The maximum Gasteiger partial charge on any atom is 0.323 e. The van der Waals surface area contributed by atoms with Crippen LogP contribution in [0.15, 0.2) is 48.7 Å².